The third kappa shape index (κ3) is 20.7. The molecule has 118 valence electrons. The van der Waals surface area contributed by atoms with Crippen molar-refractivity contribution in [3.05, 3.63) is 0 Å². The molecule has 0 saturated carbocycles. The van der Waals surface area contributed by atoms with E-state index in [1.807, 2.05) is 0 Å². The van der Waals surface area contributed by atoms with E-state index in [9.17, 15) is 0 Å². The van der Waals surface area contributed by atoms with Crippen LogP contribution < -0.4 is 0 Å². The van der Waals surface area contributed by atoms with Gasteiger partial charge in [-0.25, -0.2) is 9.78 Å². The third-order valence-corrected chi connectivity index (χ3v) is 3.25. The van der Waals surface area contributed by atoms with E-state index < -0.39 is 0 Å². The fraction of sp³-hybridized carbons (Fsp3) is 1.00. The van der Waals surface area contributed by atoms with Gasteiger partial charge in [-0.2, -0.15) is 13.5 Å². The molecule has 0 radical (unpaired) electrons. The molecule has 2 nitrogen and oxygen atoms in total. The topological polar surface area (TPSA) is 18.5 Å². The maximum Gasteiger partial charge on any atom is 0.0822 e. The molecule has 0 unspecified atom stereocenters. The molecule has 0 aromatic heterocycles. The normalized spacial score (nSPS) is 10.4. The van der Waals surface area contributed by atoms with Crippen LogP contribution in [-0.2, 0) is 9.78 Å². The molecule has 0 saturated heterocycles. The van der Waals surface area contributed by atoms with E-state index in [0.29, 0.717) is 0 Å². The van der Waals surface area contributed by atoms with Crippen LogP contribution >= 0.6 is 13.5 Å². The first kappa shape index (κ1) is 21.6. The second-order valence-corrected chi connectivity index (χ2v) is 5.18. The fourth-order valence-corrected chi connectivity index (χ4v) is 2.00. The molecule has 3 heteroatoms. The highest BCUT2D eigenvalue weighted by Gasteiger charge is 1.93. The molecule has 0 spiro atoms. The first-order chi connectivity index (χ1) is 8.91. The van der Waals surface area contributed by atoms with Crippen LogP contribution in [0.5, 0.6) is 0 Å². The minimum atomic E-state index is 0. The SMILES string of the molecule is CCCCCCCCOOCCCCCCCC.S. The summed E-state index contributed by atoms with van der Waals surface area (Å²) in [5.74, 6) is 0. The van der Waals surface area contributed by atoms with Gasteiger partial charge in [0.2, 0.25) is 0 Å². The average Bonchev–Trinajstić information content (AvgIpc) is 2.39. The van der Waals surface area contributed by atoms with Crippen LogP contribution in [0.15, 0.2) is 0 Å². The van der Waals surface area contributed by atoms with Crippen molar-refractivity contribution in [2.45, 2.75) is 90.9 Å². The summed E-state index contributed by atoms with van der Waals surface area (Å²) in [4.78, 5) is 10.3. The maximum absolute atomic E-state index is 5.17. The van der Waals surface area contributed by atoms with Crippen LogP contribution in [-0.4, -0.2) is 13.2 Å². The average molecular weight is 293 g/mol. The zero-order valence-electron chi connectivity index (χ0n) is 13.2. The predicted octanol–water partition coefficient (Wildman–Crippen LogP) is 5.77. The Hall–Kier alpha value is 0.270. The maximum atomic E-state index is 5.17. The minimum absolute atomic E-state index is 0. The molecule has 0 aromatic carbocycles. The van der Waals surface area contributed by atoms with E-state index in [-0.39, 0.29) is 13.5 Å². The molecule has 0 fully saturated rings. The first-order valence-corrected chi connectivity index (χ1v) is 8.16. The largest absolute Gasteiger partial charge is 0.237 e. The summed E-state index contributed by atoms with van der Waals surface area (Å²) in [6, 6.07) is 0. The van der Waals surface area contributed by atoms with Crippen molar-refractivity contribution in [2.24, 2.45) is 0 Å². The molecule has 0 aliphatic heterocycles. The van der Waals surface area contributed by atoms with Gasteiger partial charge in [0.05, 0.1) is 13.2 Å². The van der Waals surface area contributed by atoms with Crippen LogP contribution in [0.3, 0.4) is 0 Å². The van der Waals surface area contributed by atoms with Crippen LogP contribution in [0.2, 0.25) is 0 Å². The minimum Gasteiger partial charge on any atom is -0.237 e. The molecule has 0 bridgehead atoms. The van der Waals surface area contributed by atoms with Crippen molar-refractivity contribution >= 4 is 13.5 Å². The highest BCUT2D eigenvalue weighted by atomic mass is 32.1. The van der Waals surface area contributed by atoms with Gasteiger partial charge in [0, 0.05) is 0 Å². The van der Waals surface area contributed by atoms with Crippen molar-refractivity contribution < 1.29 is 9.78 Å². The molecule has 0 N–H and O–H groups in total. The fourth-order valence-electron chi connectivity index (χ4n) is 2.00. The summed E-state index contributed by atoms with van der Waals surface area (Å²) >= 11 is 0. The van der Waals surface area contributed by atoms with E-state index in [4.69, 9.17) is 9.78 Å². The Bertz CT molecular complexity index is 127. The van der Waals surface area contributed by atoms with Crippen molar-refractivity contribution in [3.63, 3.8) is 0 Å². The van der Waals surface area contributed by atoms with E-state index in [2.05, 4.69) is 13.8 Å². The highest BCUT2D eigenvalue weighted by molar-refractivity contribution is 7.59. The molecule has 0 aromatic rings. The predicted molar refractivity (Wildman–Crippen MR) is 89.0 cm³/mol. The lowest BCUT2D eigenvalue weighted by Crippen LogP contribution is -1.99. The molecule has 0 aliphatic carbocycles. The molecular formula is C16H36O2S. The van der Waals surface area contributed by atoms with E-state index in [1.54, 1.807) is 0 Å². The van der Waals surface area contributed by atoms with Gasteiger partial charge in [-0.1, -0.05) is 78.1 Å². The van der Waals surface area contributed by atoms with Crippen molar-refractivity contribution in [1.82, 2.24) is 0 Å². The molecule has 0 heterocycles. The second kappa shape index (κ2) is 20.6. The van der Waals surface area contributed by atoms with Gasteiger partial charge < -0.3 is 0 Å². The van der Waals surface area contributed by atoms with Crippen LogP contribution in [0.1, 0.15) is 90.9 Å². The summed E-state index contributed by atoms with van der Waals surface area (Å²) in [5.41, 5.74) is 0. The van der Waals surface area contributed by atoms with Crippen LogP contribution in [0.25, 0.3) is 0 Å². The Morgan fingerprint density at radius 1 is 0.474 bits per heavy atom. The molecule has 0 rings (SSSR count). The van der Waals surface area contributed by atoms with Gasteiger partial charge in [0.1, 0.15) is 0 Å². The lowest BCUT2D eigenvalue weighted by molar-refractivity contribution is -0.295. The van der Waals surface area contributed by atoms with Gasteiger partial charge in [0.15, 0.2) is 0 Å². The van der Waals surface area contributed by atoms with Gasteiger partial charge in [-0.15, -0.1) is 0 Å². The summed E-state index contributed by atoms with van der Waals surface area (Å²) in [7, 11) is 0. The first-order valence-electron chi connectivity index (χ1n) is 8.16. The quantitative estimate of drug-likeness (QED) is 0.217. The van der Waals surface area contributed by atoms with E-state index in [1.165, 1.54) is 64.2 Å². The smallest absolute Gasteiger partial charge is 0.0822 e. The van der Waals surface area contributed by atoms with Gasteiger partial charge in [-0.05, 0) is 12.8 Å². The van der Waals surface area contributed by atoms with Crippen LogP contribution in [0.4, 0.5) is 0 Å². The van der Waals surface area contributed by atoms with Gasteiger partial charge in [-0.3, -0.25) is 0 Å². The third-order valence-electron chi connectivity index (χ3n) is 3.25. The molecule has 0 aliphatic rings. The number of rotatable bonds is 15. The molecule has 0 amide bonds. The summed E-state index contributed by atoms with van der Waals surface area (Å²) in [6.07, 6.45) is 15.6. The summed E-state index contributed by atoms with van der Waals surface area (Å²) < 4.78 is 0. The van der Waals surface area contributed by atoms with Crippen molar-refractivity contribution in [1.29, 1.82) is 0 Å². The van der Waals surface area contributed by atoms with Crippen molar-refractivity contribution in [2.75, 3.05) is 13.2 Å². The van der Waals surface area contributed by atoms with E-state index in [0.717, 1.165) is 26.1 Å². The Morgan fingerprint density at radius 2 is 0.789 bits per heavy atom. The summed E-state index contributed by atoms with van der Waals surface area (Å²) in [6.45, 7) is 6.03. The van der Waals surface area contributed by atoms with Gasteiger partial charge in [0.25, 0.3) is 0 Å². The lowest BCUT2D eigenvalue weighted by Gasteiger charge is -2.04. The zero-order valence-corrected chi connectivity index (χ0v) is 14.2. The Morgan fingerprint density at radius 3 is 1.16 bits per heavy atom. The molecule has 0 atom stereocenters. The second-order valence-electron chi connectivity index (χ2n) is 5.18. The number of unbranched alkanes of at least 4 members (excludes halogenated alkanes) is 10. The van der Waals surface area contributed by atoms with E-state index >= 15 is 0 Å². The number of hydrogen-bond acceptors (Lipinski definition) is 2. The Balaban J connectivity index is 0. The monoisotopic (exact) mass is 292 g/mol. The van der Waals surface area contributed by atoms with Gasteiger partial charge >= 0.3 is 0 Å². The molecular weight excluding hydrogens is 256 g/mol. The highest BCUT2D eigenvalue weighted by Crippen LogP contribution is 2.06. The number of hydrogen-bond donors (Lipinski definition) is 0. The standard InChI is InChI=1S/C16H34O2.H2S/c1-3-5-7-9-11-13-15-17-18-16-14-12-10-8-6-4-2;/h3-16H2,1-2H3;1H2. The lowest BCUT2D eigenvalue weighted by atomic mass is 10.1. The summed E-state index contributed by atoms with van der Waals surface area (Å²) in [5, 5.41) is 0. The molecule has 19 heavy (non-hydrogen) atoms. The Kier molecular flexibility index (Phi) is 23.4. The van der Waals surface area contributed by atoms with Crippen LogP contribution in [0, 0.1) is 0 Å². The van der Waals surface area contributed by atoms with Crippen molar-refractivity contribution in [3.8, 4) is 0 Å². The zero-order chi connectivity index (χ0) is 13.3. The Labute approximate surface area is 128 Å².